The van der Waals surface area contributed by atoms with E-state index in [0.29, 0.717) is 11.7 Å². The standard InChI is InChI=1S/C16H24N2O3/c1-4-21-12-7-8-18-15(10-12)13-6-5-11(16(19)20-3)9-14(13)17-2/h5-6,9,12,15,17-18H,4,7-8,10H2,1-3H3. The molecule has 1 heterocycles. The van der Waals surface area contributed by atoms with Crippen LogP contribution in [0.25, 0.3) is 0 Å². The topological polar surface area (TPSA) is 59.6 Å². The Labute approximate surface area is 126 Å². The molecule has 0 amide bonds. The SMILES string of the molecule is CCOC1CCNC(c2ccc(C(=O)OC)cc2NC)C1. The number of carbonyl (C=O) groups excluding carboxylic acids is 1. The third-order valence-electron chi connectivity index (χ3n) is 3.88. The molecule has 116 valence electrons. The fourth-order valence-electron chi connectivity index (χ4n) is 2.83. The van der Waals surface area contributed by atoms with E-state index < -0.39 is 0 Å². The zero-order valence-corrected chi connectivity index (χ0v) is 12.9. The Morgan fingerprint density at radius 2 is 2.29 bits per heavy atom. The summed E-state index contributed by atoms with van der Waals surface area (Å²) in [5.41, 5.74) is 2.67. The summed E-state index contributed by atoms with van der Waals surface area (Å²) in [5.74, 6) is -0.318. The first-order chi connectivity index (χ1) is 10.2. The van der Waals surface area contributed by atoms with Crippen molar-refractivity contribution >= 4 is 11.7 Å². The number of piperidine rings is 1. The Morgan fingerprint density at radius 1 is 1.48 bits per heavy atom. The van der Waals surface area contributed by atoms with Crippen molar-refractivity contribution in [1.82, 2.24) is 5.32 Å². The minimum atomic E-state index is -0.318. The number of carbonyl (C=O) groups is 1. The lowest BCUT2D eigenvalue weighted by molar-refractivity contribution is 0.0298. The molecule has 1 aromatic rings. The Hall–Kier alpha value is -1.59. The van der Waals surface area contributed by atoms with Crippen LogP contribution in [0.5, 0.6) is 0 Å². The van der Waals surface area contributed by atoms with Crippen molar-refractivity contribution in [2.24, 2.45) is 0 Å². The Kier molecular flexibility index (Phi) is 5.59. The molecule has 0 aromatic heterocycles. The van der Waals surface area contributed by atoms with Crippen molar-refractivity contribution in [2.75, 3.05) is 32.6 Å². The van der Waals surface area contributed by atoms with Crippen molar-refractivity contribution in [2.45, 2.75) is 31.9 Å². The first-order valence-electron chi connectivity index (χ1n) is 7.44. The van der Waals surface area contributed by atoms with Crippen LogP contribution in [0.2, 0.25) is 0 Å². The summed E-state index contributed by atoms with van der Waals surface area (Å²) < 4.78 is 10.5. The quantitative estimate of drug-likeness (QED) is 0.816. The lowest BCUT2D eigenvalue weighted by atomic mass is 9.93. The van der Waals surface area contributed by atoms with E-state index in [1.807, 2.05) is 32.2 Å². The van der Waals surface area contributed by atoms with Crippen molar-refractivity contribution < 1.29 is 14.3 Å². The predicted molar refractivity (Wildman–Crippen MR) is 82.7 cm³/mol. The number of nitrogens with one attached hydrogen (secondary N) is 2. The molecule has 1 saturated heterocycles. The Bertz CT molecular complexity index is 488. The zero-order valence-electron chi connectivity index (χ0n) is 12.9. The van der Waals surface area contributed by atoms with E-state index in [2.05, 4.69) is 10.6 Å². The first kappa shape index (κ1) is 15.8. The number of hydrogen-bond donors (Lipinski definition) is 2. The van der Waals surface area contributed by atoms with Gasteiger partial charge in [0.1, 0.15) is 0 Å². The molecule has 0 aliphatic carbocycles. The average Bonchev–Trinajstić information content (AvgIpc) is 2.54. The monoisotopic (exact) mass is 292 g/mol. The summed E-state index contributed by atoms with van der Waals surface area (Å²) >= 11 is 0. The van der Waals surface area contributed by atoms with Crippen molar-refractivity contribution in [3.63, 3.8) is 0 Å². The molecule has 2 rings (SSSR count). The highest BCUT2D eigenvalue weighted by molar-refractivity contribution is 5.90. The molecule has 0 spiro atoms. The first-order valence-corrected chi connectivity index (χ1v) is 7.44. The number of methoxy groups -OCH3 is 1. The van der Waals surface area contributed by atoms with Gasteiger partial charge in [-0.15, -0.1) is 0 Å². The van der Waals surface area contributed by atoms with Gasteiger partial charge in [-0.2, -0.15) is 0 Å². The van der Waals surface area contributed by atoms with Crippen LogP contribution in [0.4, 0.5) is 5.69 Å². The van der Waals surface area contributed by atoms with Gasteiger partial charge < -0.3 is 20.1 Å². The summed E-state index contributed by atoms with van der Waals surface area (Å²) in [6.07, 6.45) is 2.28. The number of ether oxygens (including phenoxy) is 2. The molecule has 0 radical (unpaired) electrons. The van der Waals surface area contributed by atoms with Gasteiger partial charge >= 0.3 is 5.97 Å². The number of hydrogen-bond acceptors (Lipinski definition) is 5. The maximum Gasteiger partial charge on any atom is 0.337 e. The van der Waals surface area contributed by atoms with Crippen molar-refractivity contribution in [3.05, 3.63) is 29.3 Å². The van der Waals surface area contributed by atoms with Crippen LogP contribution in [-0.4, -0.2) is 39.4 Å². The van der Waals surface area contributed by atoms with Crippen LogP contribution in [0.15, 0.2) is 18.2 Å². The van der Waals surface area contributed by atoms with E-state index in [-0.39, 0.29) is 12.0 Å². The van der Waals surface area contributed by atoms with Crippen LogP contribution in [0, 0.1) is 0 Å². The van der Waals surface area contributed by atoms with Gasteiger partial charge in [0.2, 0.25) is 0 Å². The smallest absolute Gasteiger partial charge is 0.337 e. The zero-order chi connectivity index (χ0) is 15.2. The highest BCUT2D eigenvalue weighted by Crippen LogP contribution is 2.31. The number of esters is 1. The van der Waals surface area contributed by atoms with Crippen molar-refractivity contribution in [1.29, 1.82) is 0 Å². The second-order valence-corrected chi connectivity index (χ2v) is 5.15. The molecule has 5 heteroatoms. The van der Waals surface area contributed by atoms with Gasteiger partial charge in [0.25, 0.3) is 0 Å². The lowest BCUT2D eigenvalue weighted by Gasteiger charge is -2.31. The molecule has 5 nitrogen and oxygen atoms in total. The van der Waals surface area contributed by atoms with Gasteiger partial charge in [0, 0.05) is 25.4 Å². The largest absolute Gasteiger partial charge is 0.465 e. The highest BCUT2D eigenvalue weighted by atomic mass is 16.5. The molecule has 1 aliphatic heterocycles. The lowest BCUT2D eigenvalue weighted by Crippen LogP contribution is -2.36. The summed E-state index contributed by atoms with van der Waals surface area (Å²) in [4.78, 5) is 11.6. The molecule has 2 unspecified atom stereocenters. The Balaban J connectivity index is 2.20. The predicted octanol–water partition coefficient (Wildman–Crippen LogP) is 2.34. The second-order valence-electron chi connectivity index (χ2n) is 5.15. The van der Waals surface area contributed by atoms with Gasteiger partial charge in [-0.05, 0) is 44.0 Å². The van der Waals surface area contributed by atoms with Gasteiger partial charge in [0.05, 0.1) is 18.8 Å². The third kappa shape index (κ3) is 3.74. The normalized spacial score (nSPS) is 21.9. The Morgan fingerprint density at radius 3 is 2.95 bits per heavy atom. The van der Waals surface area contributed by atoms with E-state index in [4.69, 9.17) is 9.47 Å². The molecule has 2 atom stereocenters. The van der Waals surface area contributed by atoms with E-state index in [0.717, 1.165) is 37.2 Å². The molecule has 1 fully saturated rings. The van der Waals surface area contributed by atoms with Crippen LogP contribution in [-0.2, 0) is 9.47 Å². The maximum absolute atomic E-state index is 11.6. The summed E-state index contributed by atoms with van der Waals surface area (Å²) in [6, 6.07) is 5.88. The molecule has 21 heavy (non-hydrogen) atoms. The third-order valence-corrected chi connectivity index (χ3v) is 3.88. The molecule has 2 N–H and O–H groups in total. The molecular weight excluding hydrogens is 268 g/mol. The van der Waals surface area contributed by atoms with Gasteiger partial charge in [-0.25, -0.2) is 4.79 Å². The van der Waals surface area contributed by atoms with Crippen LogP contribution in [0.3, 0.4) is 0 Å². The van der Waals surface area contributed by atoms with Crippen LogP contribution >= 0.6 is 0 Å². The highest BCUT2D eigenvalue weighted by Gasteiger charge is 2.25. The number of anilines is 1. The molecule has 0 saturated carbocycles. The summed E-state index contributed by atoms with van der Waals surface area (Å²) in [5, 5.41) is 6.70. The van der Waals surface area contributed by atoms with Crippen LogP contribution < -0.4 is 10.6 Å². The van der Waals surface area contributed by atoms with Gasteiger partial charge in [-0.1, -0.05) is 6.07 Å². The fourth-order valence-corrected chi connectivity index (χ4v) is 2.83. The second kappa shape index (κ2) is 7.43. The van der Waals surface area contributed by atoms with Gasteiger partial charge in [0.15, 0.2) is 0 Å². The minimum Gasteiger partial charge on any atom is -0.465 e. The molecular formula is C16H24N2O3. The van der Waals surface area contributed by atoms with Crippen LogP contribution in [0.1, 0.15) is 41.7 Å². The maximum atomic E-state index is 11.6. The number of rotatable bonds is 5. The summed E-state index contributed by atoms with van der Waals surface area (Å²) in [7, 11) is 3.26. The fraction of sp³-hybridized carbons (Fsp3) is 0.562. The minimum absolute atomic E-state index is 0.240. The summed E-state index contributed by atoms with van der Waals surface area (Å²) in [6.45, 7) is 3.72. The van der Waals surface area contributed by atoms with Gasteiger partial charge in [-0.3, -0.25) is 0 Å². The molecule has 0 bridgehead atoms. The van der Waals surface area contributed by atoms with E-state index in [1.165, 1.54) is 7.11 Å². The molecule has 1 aromatic carbocycles. The average molecular weight is 292 g/mol. The number of benzene rings is 1. The van der Waals surface area contributed by atoms with E-state index in [1.54, 1.807) is 0 Å². The molecule has 1 aliphatic rings. The van der Waals surface area contributed by atoms with E-state index >= 15 is 0 Å². The van der Waals surface area contributed by atoms with E-state index in [9.17, 15) is 4.79 Å². The van der Waals surface area contributed by atoms with Crippen molar-refractivity contribution in [3.8, 4) is 0 Å².